The maximum atomic E-state index is 13.6. The topological polar surface area (TPSA) is 217 Å². The number of amidine groups is 1. The van der Waals surface area contributed by atoms with E-state index in [-0.39, 0.29) is 22.4 Å². The first-order chi connectivity index (χ1) is 21.5. The normalized spacial score (nSPS) is 14.9. The van der Waals surface area contributed by atoms with Gasteiger partial charge in [0.05, 0.1) is 4.88 Å². The van der Waals surface area contributed by atoms with E-state index in [1.165, 1.54) is 35.6 Å². The maximum absolute atomic E-state index is 13.6. The second kappa shape index (κ2) is 15.4. The van der Waals surface area contributed by atoms with Crippen molar-refractivity contribution in [3.05, 3.63) is 52.0 Å². The highest BCUT2D eigenvalue weighted by molar-refractivity contribution is 7.91. The molecule has 8 N–H and O–H groups in total. The average Bonchev–Trinajstić information content (AvgIpc) is 3.71. The Morgan fingerprint density at radius 1 is 1.04 bits per heavy atom. The SMILES string of the molecule is N=C(N)c1cc(C(CCCN)(NS(=O)(=O)c2cc3ccc(F)cc3s2)N2CCCC2=O)cs1.O=C(O)C(F)(F)F.O=C(O)C(F)(F)F. The highest BCUT2D eigenvalue weighted by atomic mass is 32.2. The molecular formula is C25H26F7N5O7S3. The summed E-state index contributed by atoms with van der Waals surface area (Å²) >= 11 is 2.17. The van der Waals surface area contributed by atoms with Crippen LogP contribution in [0.5, 0.6) is 0 Å². The molecule has 1 saturated heterocycles. The number of nitrogens with zero attached hydrogens (tertiary/aromatic N) is 1. The summed E-state index contributed by atoms with van der Waals surface area (Å²) in [5.74, 6) is -6.26. The molecule has 1 aliphatic heterocycles. The lowest BCUT2D eigenvalue weighted by molar-refractivity contribution is -0.193. The lowest BCUT2D eigenvalue weighted by Crippen LogP contribution is -2.58. The van der Waals surface area contributed by atoms with Crippen LogP contribution in [-0.2, 0) is 30.1 Å². The lowest BCUT2D eigenvalue weighted by Gasteiger charge is -2.42. The predicted molar refractivity (Wildman–Crippen MR) is 156 cm³/mol. The van der Waals surface area contributed by atoms with E-state index < -0.39 is 45.8 Å². The van der Waals surface area contributed by atoms with Crippen molar-refractivity contribution in [2.75, 3.05) is 13.1 Å². The van der Waals surface area contributed by atoms with Gasteiger partial charge in [-0.05, 0) is 60.8 Å². The van der Waals surface area contributed by atoms with Gasteiger partial charge in [0.25, 0.3) is 10.0 Å². The highest BCUT2D eigenvalue weighted by Crippen LogP contribution is 2.39. The molecule has 1 aliphatic rings. The minimum Gasteiger partial charge on any atom is -0.475 e. The molecule has 0 spiro atoms. The van der Waals surface area contributed by atoms with Crippen LogP contribution < -0.4 is 16.2 Å². The van der Waals surface area contributed by atoms with Crippen LogP contribution in [0.3, 0.4) is 0 Å². The Hall–Kier alpha value is -3.86. The van der Waals surface area contributed by atoms with E-state index in [2.05, 4.69) is 4.72 Å². The van der Waals surface area contributed by atoms with Crippen molar-refractivity contribution in [3.8, 4) is 0 Å². The first kappa shape index (κ1) is 39.3. The number of carboxylic acids is 2. The monoisotopic (exact) mass is 737 g/mol. The molecule has 260 valence electrons. The Balaban J connectivity index is 0.000000459. The number of nitrogen functional groups attached to an aromatic ring is 1. The second-order valence-corrected chi connectivity index (χ2v) is 13.4. The fraction of sp³-hybridized carbons (Fsp3) is 0.360. The number of carbonyl (C=O) groups is 3. The molecule has 22 heteroatoms. The standard InChI is InChI=1S/C21H24FN5O3S3.2C2HF3O2/c22-15-5-4-13-9-19(32-16(13)11-15)33(29,30)26-21(6-2-7-23,27-8-1-3-18(27)28)14-10-17(20(24)25)31-12-14;2*3-2(4,5)1(6)7/h4-5,9-12,26H,1-3,6-8,23H2,(H3,24,25);2*(H,6,7). The van der Waals surface area contributed by atoms with E-state index in [0.29, 0.717) is 52.9 Å². The number of carbonyl (C=O) groups excluding carboxylic acids is 1. The molecule has 1 atom stereocenters. The number of fused-ring (bicyclic) bond motifs is 1. The number of nitrogens with one attached hydrogen (secondary N) is 2. The molecule has 1 amide bonds. The third-order valence-electron chi connectivity index (χ3n) is 6.13. The van der Waals surface area contributed by atoms with Crippen LogP contribution in [0.4, 0.5) is 30.7 Å². The summed E-state index contributed by atoms with van der Waals surface area (Å²) in [7, 11) is -4.11. The second-order valence-electron chi connectivity index (χ2n) is 9.47. The molecule has 0 aliphatic carbocycles. The van der Waals surface area contributed by atoms with E-state index in [9.17, 15) is 43.9 Å². The third kappa shape index (κ3) is 10.3. The van der Waals surface area contributed by atoms with Crippen LogP contribution in [0.2, 0.25) is 0 Å². The number of alkyl halides is 6. The van der Waals surface area contributed by atoms with Crippen molar-refractivity contribution >= 4 is 66.5 Å². The van der Waals surface area contributed by atoms with E-state index in [1.807, 2.05) is 0 Å². The predicted octanol–water partition coefficient (Wildman–Crippen LogP) is 4.15. The van der Waals surface area contributed by atoms with Crippen molar-refractivity contribution < 1.29 is 63.7 Å². The molecule has 0 saturated carbocycles. The first-order valence-corrected chi connectivity index (χ1v) is 16.0. The highest BCUT2D eigenvalue weighted by Gasteiger charge is 2.47. The van der Waals surface area contributed by atoms with E-state index in [0.717, 1.165) is 11.3 Å². The maximum Gasteiger partial charge on any atom is 0.490 e. The molecule has 1 aromatic carbocycles. The lowest BCUT2D eigenvalue weighted by atomic mass is 9.95. The number of benzene rings is 1. The summed E-state index contributed by atoms with van der Waals surface area (Å²) in [6.45, 7) is 0.687. The van der Waals surface area contributed by atoms with Crippen molar-refractivity contribution in [2.45, 2.75) is 47.9 Å². The number of hydrogen-bond acceptors (Lipinski definition) is 9. The van der Waals surface area contributed by atoms with Crippen LogP contribution in [0, 0.1) is 11.2 Å². The molecule has 1 fully saturated rings. The van der Waals surface area contributed by atoms with E-state index in [1.54, 1.807) is 16.3 Å². The van der Waals surface area contributed by atoms with E-state index >= 15 is 0 Å². The number of carboxylic acid groups (broad SMARTS) is 2. The van der Waals surface area contributed by atoms with Crippen LogP contribution in [0.1, 0.15) is 36.1 Å². The zero-order valence-corrected chi connectivity index (χ0v) is 26.1. The summed E-state index contributed by atoms with van der Waals surface area (Å²) in [5.41, 5.74) is 10.6. The molecule has 1 unspecified atom stereocenters. The fourth-order valence-corrected chi connectivity index (χ4v) is 7.74. The Bertz CT molecular complexity index is 1700. The van der Waals surface area contributed by atoms with Crippen LogP contribution in [0.15, 0.2) is 39.9 Å². The molecule has 0 bridgehead atoms. The molecule has 3 aromatic rings. The summed E-state index contributed by atoms with van der Waals surface area (Å²) in [5, 5.41) is 24.3. The van der Waals surface area contributed by atoms with Gasteiger partial charge in [0.1, 0.15) is 21.5 Å². The van der Waals surface area contributed by atoms with Crippen molar-refractivity contribution in [1.82, 2.24) is 9.62 Å². The number of halogens is 7. The van der Waals surface area contributed by atoms with Crippen molar-refractivity contribution in [3.63, 3.8) is 0 Å². The van der Waals surface area contributed by atoms with Crippen molar-refractivity contribution in [2.24, 2.45) is 11.5 Å². The van der Waals surface area contributed by atoms with Gasteiger partial charge >= 0.3 is 24.3 Å². The summed E-state index contributed by atoms with van der Waals surface area (Å²) in [4.78, 5) is 32.7. The minimum atomic E-state index is -5.08. The Morgan fingerprint density at radius 2 is 1.62 bits per heavy atom. The van der Waals surface area contributed by atoms with Gasteiger partial charge in [-0.1, -0.05) is 6.07 Å². The number of hydrogen-bond donors (Lipinski definition) is 6. The largest absolute Gasteiger partial charge is 0.490 e. The Kier molecular flexibility index (Phi) is 12.9. The number of aliphatic carboxylic acids is 2. The Morgan fingerprint density at radius 3 is 2.06 bits per heavy atom. The number of thiophene rings is 2. The molecule has 0 radical (unpaired) electrons. The van der Waals surface area contributed by atoms with Crippen LogP contribution >= 0.6 is 22.7 Å². The molecular weight excluding hydrogens is 711 g/mol. The fourth-order valence-electron chi connectivity index (χ4n) is 4.09. The summed E-state index contributed by atoms with van der Waals surface area (Å²) < 4.78 is 108. The van der Waals surface area contributed by atoms with Gasteiger partial charge in [-0.3, -0.25) is 10.2 Å². The average molecular weight is 738 g/mol. The quantitative estimate of drug-likeness (QED) is 0.106. The van der Waals surface area contributed by atoms with Gasteiger partial charge in [-0.15, -0.1) is 22.7 Å². The molecule has 2 aromatic heterocycles. The van der Waals surface area contributed by atoms with Crippen LogP contribution in [-0.4, -0.2) is 72.7 Å². The first-order valence-electron chi connectivity index (χ1n) is 12.8. The molecule has 47 heavy (non-hydrogen) atoms. The number of nitrogens with two attached hydrogens (primary N) is 2. The van der Waals surface area contributed by atoms with Gasteiger partial charge < -0.3 is 26.6 Å². The van der Waals surface area contributed by atoms with Gasteiger partial charge in [0, 0.05) is 23.2 Å². The van der Waals surface area contributed by atoms with E-state index in [4.69, 9.17) is 36.7 Å². The summed E-state index contributed by atoms with van der Waals surface area (Å²) in [6.07, 6.45) is -8.54. The third-order valence-corrected chi connectivity index (χ3v) is 10.2. The van der Waals surface area contributed by atoms with Gasteiger partial charge in [0.15, 0.2) is 0 Å². The number of sulfonamides is 1. The smallest absolute Gasteiger partial charge is 0.475 e. The molecule has 12 nitrogen and oxygen atoms in total. The van der Waals surface area contributed by atoms with Gasteiger partial charge in [-0.2, -0.15) is 31.1 Å². The Labute approximate surface area is 269 Å². The minimum absolute atomic E-state index is 0.0221. The summed E-state index contributed by atoms with van der Waals surface area (Å²) in [6, 6.07) is 7.25. The van der Waals surface area contributed by atoms with Gasteiger partial charge in [0.2, 0.25) is 5.91 Å². The zero-order valence-electron chi connectivity index (χ0n) is 23.6. The van der Waals surface area contributed by atoms with Crippen LogP contribution in [0.25, 0.3) is 10.1 Å². The van der Waals surface area contributed by atoms with Crippen molar-refractivity contribution in [1.29, 1.82) is 5.41 Å². The zero-order chi connectivity index (χ0) is 36.0. The molecule has 3 heterocycles. The number of rotatable bonds is 9. The molecule has 4 rings (SSSR count). The number of amides is 1. The van der Waals surface area contributed by atoms with Gasteiger partial charge in [-0.25, -0.2) is 22.4 Å². The number of likely N-dealkylation sites (tertiary alicyclic amines) is 1.